The van der Waals surface area contributed by atoms with Crippen LogP contribution in [0.2, 0.25) is 0 Å². The quantitative estimate of drug-likeness (QED) is 0.787. The summed E-state index contributed by atoms with van der Waals surface area (Å²) in [5, 5.41) is 0. The summed E-state index contributed by atoms with van der Waals surface area (Å²) in [6, 6.07) is 3.43. The van der Waals surface area contributed by atoms with Crippen LogP contribution in [-0.4, -0.2) is 34.7 Å². The molecular formula is C18H29FN2O2. The molecule has 0 bridgehead atoms. The largest absolute Gasteiger partial charge is 0.444 e. The first-order chi connectivity index (χ1) is 10.9. The minimum absolute atomic E-state index is 0.0499. The second kappa shape index (κ2) is 8.85. The van der Waals surface area contributed by atoms with Gasteiger partial charge in [-0.2, -0.15) is 0 Å². The Hall–Kier alpha value is -1.65. The van der Waals surface area contributed by atoms with Gasteiger partial charge in [-0.15, -0.1) is 0 Å². The van der Waals surface area contributed by atoms with Gasteiger partial charge in [0.15, 0.2) is 0 Å². The van der Waals surface area contributed by atoms with Crippen molar-refractivity contribution in [2.45, 2.75) is 59.2 Å². The van der Waals surface area contributed by atoms with E-state index in [1.54, 1.807) is 29.4 Å². The number of rotatable bonds is 2. The van der Waals surface area contributed by atoms with Gasteiger partial charge in [0.25, 0.3) is 0 Å². The van der Waals surface area contributed by atoms with Gasteiger partial charge in [0.05, 0.1) is 0 Å². The van der Waals surface area contributed by atoms with Crippen LogP contribution in [0, 0.1) is 5.92 Å². The van der Waals surface area contributed by atoms with E-state index in [9.17, 15) is 9.18 Å². The number of carbonyl (C=O) groups excluding carboxylic acids is 1. The summed E-state index contributed by atoms with van der Waals surface area (Å²) in [7, 11) is 0. The number of ether oxygens (including phenoxy) is 1. The molecule has 1 aromatic rings. The van der Waals surface area contributed by atoms with Crippen molar-refractivity contribution in [3.63, 3.8) is 0 Å². The van der Waals surface area contributed by atoms with Crippen molar-refractivity contribution in [2.75, 3.05) is 13.1 Å². The van der Waals surface area contributed by atoms with Gasteiger partial charge in [0, 0.05) is 25.5 Å². The minimum atomic E-state index is -0.992. The number of halogens is 1. The van der Waals surface area contributed by atoms with Gasteiger partial charge in [-0.1, -0.05) is 13.8 Å². The van der Waals surface area contributed by atoms with Crippen molar-refractivity contribution < 1.29 is 13.9 Å². The Balaban J connectivity index is 0.00000127. The maximum atomic E-state index is 14.5. The molecule has 2 rings (SSSR count). The number of likely N-dealkylation sites (tertiary alicyclic amines) is 1. The molecule has 1 aliphatic rings. The highest BCUT2D eigenvalue weighted by atomic mass is 19.1. The first-order valence-electron chi connectivity index (χ1n) is 8.39. The Kier molecular flexibility index (Phi) is 7.46. The predicted molar refractivity (Wildman–Crippen MR) is 90.0 cm³/mol. The molecule has 1 saturated heterocycles. The second-order valence-electron chi connectivity index (χ2n) is 6.49. The number of hydrogen-bond donors (Lipinski definition) is 0. The summed E-state index contributed by atoms with van der Waals surface area (Å²) in [6.07, 6.45) is 3.23. The summed E-state index contributed by atoms with van der Waals surface area (Å²) in [5.41, 5.74) is 0.175. The lowest BCUT2D eigenvalue weighted by Crippen LogP contribution is -2.42. The lowest BCUT2D eigenvalue weighted by atomic mass is 9.89. The Labute approximate surface area is 139 Å². The molecule has 0 N–H and O–H groups in total. The number of aromatic nitrogens is 1. The van der Waals surface area contributed by atoms with Crippen molar-refractivity contribution in [1.82, 2.24) is 9.88 Å². The molecule has 1 fully saturated rings. The number of hydrogen-bond acceptors (Lipinski definition) is 3. The third-order valence-corrected chi connectivity index (χ3v) is 3.63. The fraction of sp³-hybridized carbons (Fsp3) is 0.667. The average molecular weight is 324 g/mol. The van der Waals surface area contributed by atoms with E-state index < -0.39 is 11.8 Å². The van der Waals surface area contributed by atoms with Crippen molar-refractivity contribution >= 4 is 6.09 Å². The molecule has 5 heteroatoms. The van der Waals surface area contributed by atoms with Crippen LogP contribution in [0.4, 0.5) is 9.18 Å². The zero-order valence-corrected chi connectivity index (χ0v) is 14.9. The van der Waals surface area contributed by atoms with E-state index in [2.05, 4.69) is 4.98 Å². The zero-order valence-electron chi connectivity index (χ0n) is 14.9. The summed E-state index contributed by atoms with van der Waals surface area (Å²) in [5.74, 6) is -0.0499. The average Bonchev–Trinajstić information content (AvgIpc) is 2.55. The van der Waals surface area contributed by atoms with Crippen LogP contribution in [0.15, 0.2) is 24.5 Å². The maximum absolute atomic E-state index is 14.5. The third kappa shape index (κ3) is 6.16. The molecule has 0 spiro atoms. The van der Waals surface area contributed by atoms with Gasteiger partial charge >= 0.3 is 6.09 Å². The van der Waals surface area contributed by atoms with Crippen molar-refractivity contribution in [1.29, 1.82) is 0 Å². The van der Waals surface area contributed by atoms with Gasteiger partial charge in [-0.25, -0.2) is 9.18 Å². The minimum Gasteiger partial charge on any atom is -0.444 e. The lowest BCUT2D eigenvalue weighted by Gasteiger charge is -2.34. The first kappa shape index (κ1) is 19.4. The Morgan fingerprint density at radius 3 is 2.26 bits per heavy atom. The molecule has 0 aliphatic carbocycles. The molecule has 130 valence electrons. The monoisotopic (exact) mass is 324 g/mol. The first-order valence-corrected chi connectivity index (χ1v) is 8.39. The lowest BCUT2D eigenvalue weighted by molar-refractivity contribution is 0.0144. The van der Waals surface area contributed by atoms with E-state index in [4.69, 9.17) is 4.74 Å². The fourth-order valence-corrected chi connectivity index (χ4v) is 2.52. The van der Waals surface area contributed by atoms with E-state index in [1.165, 1.54) is 0 Å². The van der Waals surface area contributed by atoms with Crippen LogP contribution in [-0.2, 0) is 4.74 Å². The zero-order chi connectivity index (χ0) is 17.5. The Bertz CT molecular complexity index is 466. The normalized spacial score (nSPS) is 17.0. The van der Waals surface area contributed by atoms with Gasteiger partial charge in [-0.05, 0) is 57.2 Å². The number of pyridine rings is 1. The van der Waals surface area contributed by atoms with Crippen LogP contribution in [0.25, 0.3) is 0 Å². The second-order valence-corrected chi connectivity index (χ2v) is 6.49. The van der Waals surface area contributed by atoms with Crippen LogP contribution < -0.4 is 0 Å². The molecule has 1 atom stereocenters. The van der Waals surface area contributed by atoms with Crippen molar-refractivity contribution in [3.8, 4) is 0 Å². The highest BCUT2D eigenvalue weighted by molar-refractivity contribution is 5.68. The van der Waals surface area contributed by atoms with E-state index in [0.717, 1.165) is 0 Å². The van der Waals surface area contributed by atoms with E-state index in [-0.39, 0.29) is 12.0 Å². The van der Waals surface area contributed by atoms with Crippen LogP contribution in [0.3, 0.4) is 0 Å². The molecule has 1 aliphatic heterocycles. The van der Waals surface area contributed by atoms with Crippen molar-refractivity contribution in [3.05, 3.63) is 30.1 Å². The summed E-state index contributed by atoms with van der Waals surface area (Å²) < 4.78 is 19.8. The smallest absolute Gasteiger partial charge is 0.410 e. The molecule has 1 aromatic heterocycles. The highest BCUT2D eigenvalue weighted by Crippen LogP contribution is 2.33. The summed E-state index contributed by atoms with van der Waals surface area (Å²) in [4.78, 5) is 17.5. The van der Waals surface area contributed by atoms with Crippen LogP contribution in [0.5, 0.6) is 0 Å². The molecule has 4 nitrogen and oxygen atoms in total. The Morgan fingerprint density at radius 2 is 1.78 bits per heavy atom. The van der Waals surface area contributed by atoms with E-state index >= 15 is 0 Å². The summed E-state index contributed by atoms with van der Waals surface area (Å²) in [6.45, 7) is 10.6. The molecule has 0 radical (unpaired) electrons. The number of piperidine rings is 1. The molecule has 23 heavy (non-hydrogen) atoms. The Morgan fingerprint density at radius 1 is 1.26 bits per heavy atom. The van der Waals surface area contributed by atoms with Gasteiger partial charge in [0.1, 0.15) is 11.8 Å². The molecular weight excluding hydrogens is 295 g/mol. The summed E-state index contributed by atoms with van der Waals surface area (Å²) >= 11 is 0. The standard InChI is InChI=1S/C16H23FN2O2.C2H6/c1-16(2,3)21-15(20)19-10-6-13(7-11-19)14(17)12-4-8-18-9-5-12;1-2/h4-5,8-9,13-14H,6-7,10-11H2,1-3H3;1-2H3. The molecule has 0 saturated carbocycles. The number of nitrogens with zero attached hydrogens (tertiary/aromatic N) is 2. The maximum Gasteiger partial charge on any atom is 0.410 e. The van der Waals surface area contributed by atoms with E-state index in [0.29, 0.717) is 31.5 Å². The molecule has 1 unspecified atom stereocenters. The fourth-order valence-electron chi connectivity index (χ4n) is 2.52. The molecule has 2 heterocycles. The molecule has 0 aromatic carbocycles. The highest BCUT2D eigenvalue weighted by Gasteiger charge is 2.31. The van der Waals surface area contributed by atoms with Crippen LogP contribution >= 0.6 is 0 Å². The number of amides is 1. The number of carbonyl (C=O) groups is 1. The topological polar surface area (TPSA) is 42.4 Å². The SMILES string of the molecule is CC.CC(C)(C)OC(=O)N1CCC(C(F)c2ccncc2)CC1. The van der Waals surface area contributed by atoms with Crippen LogP contribution in [0.1, 0.15) is 59.2 Å². The third-order valence-electron chi connectivity index (χ3n) is 3.63. The number of alkyl halides is 1. The van der Waals surface area contributed by atoms with E-state index in [1.807, 2.05) is 34.6 Å². The van der Waals surface area contributed by atoms with Gasteiger partial charge in [-0.3, -0.25) is 4.98 Å². The predicted octanol–water partition coefficient (Wildman–Crippen LogP) is 4.77. The van der Waals surface area contributed by atoms with Gasteiger partial charge in [0.2, 0.25) is 0 Å². The van der Waals surface area contributed by atoms with Crippen molar-refractivity contribution in [2.24, 2.45) is 5.92 Å². The van der Waals surface area contributed by atoms with Gasteiger partial charge < -0.3 is 9.64 Å². The molecule has 1 amide bonds.